The number of piperidine rings is 1. The molecule has 0 spiro atoms. The Morgan fingerprint density at radius 2 is 1.68 bits per heavy atom. The number of aryl methyl sites for hydroxylation is 1. The van der Waals surface area contributed by atoms with Crippen LogP contribution in [0, 0.1) is 5.82 Å². The summed E-state index contributed by atoms with van der Waals surface area (Å²) in [6.45, 7) is 3.29. The molecule has 0 bridgehead atoms. The Hall–Kier alpha value is -2.37. The van der Waals surface area contributed by atoms with E-state index in [2.05, 4.69) is 10.2 Å². The second-order valence-corrected chi connectivity index (χ2v) is 10.4. The zero-order valence-corrected chi connectivity index (χ0v) is 20.1. The smallest absolute Gasteiger partial charge is 0.261 e. The van der Waals surface area contributed by atoms with Gasteiger partial charge in [0.25, 0.3) is 10.1 Å². The molecule has 34 heavy (non-hydrogen) atoms. The van der Waals surface area contributed by atoms with Crippen LogP contribution in [0.1, 0.15) is 49.0 Å². The summed E-state index contributed by atoms with van der Waals surface area (Å²) in [6.07, 6.45) is 2.28. The highest BCUT2D eigenvalue weighted by molar-refractivity contribution is 7.85. The summed E-state index contributed by atoms with van der Waals surface area (Å²) < 4.78 is 39.1. The van der Waals surface area contributed by atoms with Crippen molar-refractivity contribution in [1.29, 1.82) is 0 Å². The maximum absolute atomic E-state index is 13.2. The van der Waals surface area contributed by atoms with Gasteiger partial charge in [0, 0.05) is 31.2 Å². The number of nitrogens with one attached hydrogen (secondary N) is 1. The van der Waals surface area contributed by atoms with Crippen molar-refractivity contribution in [2.75, 3.05) is 24.7 Å². The highest BCUT2D eigenvalue weighted by atomic mass is 32.2. The number of hydrogen-bond acceptors (Lipinski definition) is 6. The standard InChI is InChI=1S/C23H27FN2O3.CH4O3S/c1-15(22(28)17-2-8-20-16(14-17)3-9-21(27)25-20)26-12-10-23(29,11-13-26)18-4-6-19(24)7-5-18;1-5(2,3)4/h2,4-8,14-15,22,28-29H,3,9-13H2,1H3,(H,25,27);1H3,(H,2,3,4). The molecule has 4 rings (SSSR count). The minimum Gasteiger partial charge on any atom is -0.387 e. The Balaban J connectivity index is 0.000000588. The van der Waals surface area contributed by atoms with E-state index < -0.39 is 21.8 Å². The number of benzene rings is 2. The summed E-state index contributed by atoms with van der Waals surface area (Å²) in [7, 11) is -3.67. The number of likely N-dealkylation sites (tertiary alicyclic amines) is 1. The molecule has 4 N–H and O–H groups in total. The van der Waals surface area contributed by atoms with Gasteiger partial charge in [0.2, 0.25) is 5.91 Å². The zero-order valence-electron chi connectivity index (χ0n) is 19.2. The number of rotatable bonds is 4. The van der Waals surface area contributed by atoms with Crippen LogP contribution in [-0.4, -0.2) is 59.4 Å². The average Bonchev–Trinajstić information content (AvgIpc) is 2.77. The molecule has 0 saturated carbocycles. The third-order valence-corrected chi connectivity index (χ3v) is 6.41. The van der Waals surface area contributed by atoms with Crippen LogP contribution in [0.5, 0.6) is 0 Å². The molecule has 2 heterocycles. The number of halogens is 1. The Bertz CT molecular complexity index is 1110. The number of fused-ring (bicyclic) bond motifs is 1. The summed E-state index contributed by atoms with van der Waals surface area (Å²) in [5.74, 6) is -0.280. The first kappa shape index (κ1) is 26.2. The number of aliphatic hydroxyl groups is 2. The fourth-order valence-corrected chi connectivity index (χ4v) is 4.42. The second kappa shape index (κ2) is 10.5. The molecule has 0 radical (unpaired) electrons. The number of nitrogens with zero attached hydrogens (tertiary/aromatic N) is 1. The predicted molar refractivity (Wildman–Crippen MR) is 126 cm³/mol. The highest BCUT2D eigenvalue weighted by Gasteiger charge is 2.36. The summed E-state index contributed by atoms with van der Waals surface area (Å²) in [6, 6.07) is 11.7. The molecular weight excluding hydrogens is 463 g/mol. The first-order valence-electron chi connectivity index (χ1n) is 11.1. The van der Waals surface area contributed by atoms with Gasteiger partial charge in [-0.3, -0.25) is 14.2 Å². The van der Waals surface area contributed by atoms with Crippen LogP contribution >= 0.6 is 0 Å². The Kier molecular flexibility index (Phi) is 8.10. The van der Waals surface area contributed by atoms with E-state index in [1.165, 1.54) is 12.1 Å². The number of hydrogen-bond donors (Lipinski definition) is 4. The van der Waals surface area contributed by atoms with Gasteiger partial charge in [-0.15, -0.1) is 0 Å². The largest absolute Gasteiger partial charge is 0.387 e. The fourth-order valence-electron chi connectivity index (χ4n) is 4.42. The molecular formula is C24H31FN2O6S. The van der Waals surface area contributed by atoms with Gasteiger partial charge < -0.3 is 15.5 Å². The summed E-state index contributed by atoms with van der Waals surface area (Å²) >= 11 is 0. The summed E-state index contributed by atoms with van der Waals surface area (Å²) in [5, 5.41) is 24.8. The van der Waals surface area contributed by atoms with Crippen molar-refractivity contribution in [1.82, 2.24) is 4.90 Å². The highest BCUT2D eigenvalue weighted by Crippen LogP contribution is 2.35. The van der Waals surface area contributed by atoms with E-state index in [1.807, 2.05) is 25.1 Å². The molecule has 2 atom stereocenters. The zero-order chi connectivity index (χ0) is 25.1. The Morgan fingerprint density at radius 1 is 1.09 bits per heavy atom. The maximum Gasteiger partial charge on any atom is 0.261 e. The van der Waals surface area contributed by atoms with Crippen molar-refractivity contribution in [2.45, 2.75) is 50.4 Å². The van der Waals surface area contributed by atoms with Crippen LogP contribution in [0.2, 0.25) is 0 Å². The molecule has 0 aliphatic carbocycles. The first-order valence-corrected chi connectivity index (χ1v) is 13.0. The molecule has 1 amide bonds. The number of anilines is 1. The number of carbonyl (C=O) groups is 1. The van der Waals surface area contributed by atoms with Crippen LogP contribution in [0.15, 0.2) is 42.5 Å². The lowest BCUT2D eigenvalue weighted by Crippen LogP contribution is -2.47. The molecule has 2 unspecified atom stereocenters. The lowest BCUT2D eigenvalue weighted by Gasteiger charge is -2.42. The van der Waals surface area contributed by atoms with Gasteiger partial charge in [-0.05, 0) is 61.1 Å². The molecule has 1 fully saturated rings. The van der Waals surface area contributed by atoms with Crippen molar-refractivity contribution in [3.63, 3.8) is 0 Å². The van der Waals surface area contributed by atoms with Gasteiger partial charge in [-0.25, -0.2) is 4.39 Å². The topological polar surface area (TPSA) is 127 Å². The molecule has 2 aliphatic rings. The van der Waals surface area contributed by atoms with Crippen LogP contribution in [0.25, 0.3) is 0 Å². The normalized spacial score (nSPS) is 19.8. The van der Waals surface area contributed by atoms with Crippen molar-refractivity contribution in [3.05, 3.63) is 65.0 Å². The van der Waals surface area contributed by atoms with Crippen molar-refractivity contribution < 1.29 is 32.4 Å². The number of aliphatic hydroxyl groups excluding tert-OH is 1. The van der Waals surface area contributed by atoms with Gasteiger partial charge >= 0.3 is 0 Å². The van der Waals surface area contributed by atoms with Crippen molar-refractivity contribution in [2.24, 2.45) is 0 Å². The molecule has 2 aromatic rings. The van der Waals surface area contributed by atoms with E-state index in [4.69, 9.17) is 4.55 Å². The quantitative estimate of drug-likeness (QED) is 0.481. The second-order valence-electron chi connectivity index (χ2n) is 8.96. The average molecular weight is 495 g/mol. The van der Waals surface area contributed by atoms with Gasteiger partial charge in [-0.2, -0.15) is 8.42 Å². The molecule has 1 saturated heterocycles. The molecule has 2 aromatic carbocycles. The molecule has 8 nitrogen and oxygen atoms in total. The molecule has 2 aliphatic heterocycles. The van der Waals surface area contributed by atoms with Crippen LogP contribution in [0.4, 0.5) is 10.1 Å². The van der Waals surface area contributed by atoms with Gasteiger partial charge in [0.1, 0.15) is 5.82 Å². The molecule has 0 aromatic heterocycles. The van der Waals surface area contributed by atoms with E-state index in [0.29, 0.717) is 45.0 Å². The van der Waals surface area contributed by atoms with Gasteiger partial charge in [0.05, 0.1) is 18.0 Å². The summed E-state index contributed by atoms with van der Waals surface area (Å²) in [5.41, 5.74) is 2.50. The third kappa shape index (κ3) is 6.83. The van der Waals surface area contributed by atoms with Crippen molar-refractivity contribution in [3.8, 4) is 0 Å². The minimum atomic E-state index is -3.67. The lowest BCUT2D eigenvalue weighted by molar-refractivity contribution is -0.116. The fraction of sp³-hybridized carbons (Fsp3) is 0.458. The van der Waals surface area contributed by atoms with Crippen LogP contribution in [0.3, 0.4) is 0 Å². The monoisotopic (exact) mass is 494 g/mol. The van der Waals surface area contributed by atoms with E-state index in [1.54, 1.807) is 12.1 Å². The van der Waals surface area contributed by atoms with E-state index in [-0.39, 0.29) is 17.8 Å². The maximum atomic E-state index is 13.2. The van der Waals surface area contributed by atoms with E-state index in [9.17, 15) is 27.8 Å². The van der Waals surface area contributed by atoms with Gasteiger partial charge in [-0.1, -0.05) is 24.3 Å². The molecule has 186 valence electrons. The van der Waals surface area contributed by atoms with Crippen LogP contribution in [-0.2, 0) is 26.9 Å². The van der Waals surface area contributed by atoms with E-state index in [0.717, 1.165) is 22.4 Å². The Morgan fingerprint density at radius 3 is 2.26 bits per heavy atom. The van der Waals surface area contributed by atoms with Crippen molar-refractivity contribution >= 4 is 21.7 Å². The Labute approximate surface area is 199 Å². The SMILES string of the molecule is CC(C(O)c1ccc2c(c1)CCC(=O)N2)N1CCC(O)(c2ccc(F)cc2)CC1.CS(=O)(=O)O. The lowest BCUT2D eigenvalue weighted by atomic mass is 9.83. The minimum absolute atomic E-state index is 0.0288. The summed E-state index contributed by atoms with van der Waals surface area (Å²) in [4.78, 5) is 13.7. The van der Waals surface area contributed by atoms with Gasteiger partial charge in [0.15, 0.2) is 0 Å². The molecule has 10 heteroatoms. The number of amides is 1. The predicted octanol–water partition coefficient (Wildman–Crippen LogP) is 2.62. The van der Waals surface area contributed by atoms with Crippen LogP contribution < -0.4 is 5.32 Å². The van der Waals surface area contributed by atoms with E-state index >= 15 is 0 Å². The first-order chi connectivity index (χ1) is 15.9. The third-order valence-electron chi connectivity index (χ3n) is 6.41. The number of carbonyl (C=O) groups excluding carboxylic acids is 1.